The van der Waals surface area contributed by atoms with Crippen molar-refractivity contribution in [3.05, 3.63) is 22.3 Å². The van der Waals surface area contributed by atoms with Crippen LogP contribution in [0.25, 0.3) is 0 Å². The number of oxime groups is 1. The molecule has 3 amide bonds. The number of carbonyl (C=O) groups is 4. The van der Waals surface area contributed by atoms with E-state index < -0.39 is 35.3 Å². The van der Waals surface area contributed by atoms with Gasteiger partial charge >= 0.3 is 5.97 Å². The number of β-lactam (4-membered cyclic amide) rings is 1. The number of rotatable bonds is 9. The number of aryl methyl sites for hydroxylation is 1. The summed E-state index contributed by atoms with van der Waals surface area (Å²) >= 11 is 3.66. The largest absolute Gasteiger partial charge is 0.477 e. The minimum atomic E-state index is -1.25. The monoisotopic (exact) mass is 594 g/mol. The molecule has 39 heavy (non-hydrogen) atoms. The van der Waals surface area contributed by atoms with Gasteiger partial charge in [-0.05, 0) is 16.0 Å². The first-order chi connectivity index (χ1) is 18.7. The number of nitrogen functional groups attached to an aromatic ring is 1. The molecule has 5 rings (SSSR count). The predicted octanol–water partition coefficient (Wildman–Crippen LogP) is -1.27. The summed E-state index contributed by atoms with van der Waals surface area (Å²) in [6.45, 7) is 0.491. The van der Waals surface area contributed by atoms with E-state index in [4.69, 9.17) is 10.6 Å². The van der Waals surface area contributed by atoms with Gasteiger partial charge in [0.1, 0.15) is 22.8 Å². The summed E-state index contributed by atoms with van der Waals surface area (Å²) in [5, 5.41) is 29.2. The number of hydrogen-bond donors (Lipinski definition) is 3. The second-order valence-electron chi connectivity index (χ2n) is 8.65. The lowest BCUT2D eigenvalue weighted by molar-refractivity contribution is -0.150. The summed E-state index contributed by atoms with van der Waals surface area (Å²) in [5.74, 6) is -2.27. The molecule has 4 N–H and O–H groups in total. The molecule has 1 unspecified atom stereocenters. The van der Waals surface area contributed by atoms with Crippen LogP contribution in [0.4, 0.5) is 5.13 Å². The average molecular weight is 595 g/mol. The van der Waals surface area contributed by atoms with Gasteiger partial charge < -0.3 is 25.9 Å². The summed E-state index contributed by atoms with van der Waals surface area (Å²) in [5.41, 5.74) is 6.01. The zero-order valence-electron chi connectivity index (χ0n) is 20.5. The molecule has 16 nitrogen and oxygen atoms in total. The van der Waals surface area contributed by atoms with Crippen molar-refractivity contribution in [2.75, 3.05) is 30.8 Å². The Hall–Kier alpha value is -3.71. The van der Waals surface area contributed by atoms with Gasteiger partial charge in [-0.3, -0.25) is 19.3 Å². The zero-order valence-corrected chi connectivity index (χ0v) is 23.0. The summed E-state index contributed by atoms with van der Waals surface area (Å²) in [6.07, 6.45) is -0.444. The first kappa shape index (κ1) is 26.9. The van der Waals surface area contributed by atoms with Gasteiger partial charge in [-0.15, -0.1) is 28.2 Å². The molecule has 206 valence electrons. The smallest absolute Gasteiger partial charge is 0.352 e. The Morgan fingerprint density at radius 3 is 2.74 bits per heavy atom. The fourth-order valence-electron chi connectivity index (χ4n) is 4.10. The van der Waals surface area contributed by atoms with E-state index in [9.17, 15) is 24.3 Å². The number of carboxylic acid groups (broad SMARTS) is 1. The number of fused-ring (bicyclic) bond motifs is 1. The Balaban J connectivity index is 1.31. The van der Waals surface area contributed by atoms with Gasteiger partial charge in [-0.2, -0.15) is 0 Å². The highest BCUT2D eigenvalue weighted by molar-refractivity contribution is 8.01. The summed E-state index contributed by atoms with van der Waals surface area (Å²) in [4.78, 5) is 62.8. The maximum atomic E-state index is 13.2. The highest BCUT2D eigenvalue weighted by Gasteiger charge is 2.54. The summed E-state index contributed by atoms with van der Waals surface area (Å²) in [6, 6.07) is -1.01. The fraction of sp³-hybridized carbons (Fsp3) is 0.450. The molecule has 2 fully saturated rings. The van der Waals surface area contributed by atoms with E-state index in [0.29, 0.717) is 29.4 Å². The van der Waals surface area contributed by atoms with Gasteiger partial charge in [0.05, 0.1) is 0 Å². The Morgan fingerprint density at radius 1 is 1.33 bits per heavy atom. The number of anilines is 1. The lowest BCUT2D eigenvalue weighted by atomic mass is 10.0. The lowest BCUT2D eigenvalue weighted by Gasteiger charge is -2.49. The van der Waals surface area contributed by atoms with Crippen molar-refractivity contribution in [2.24, 2.45) is 12.2 Å². The maximum Gasteiger partial charge on any atom is 0.352 e. The van der Waals surface area contributed by atoms with E-state index in [-0.39, 0.29) is 33.9 Å². The van der Waals surface area contributed by atoms with Crippen molar-refractivity contribution < 1.29 is 29.1 Å². The first-order valence-corrected chi connectivity index (χ1v) is 14.3. The van der Waals surface area contributed by atoms with E-state index in [1.165, 1.54) is 43.4 Å². The fourth-order valence-corrected chi connectivity index (χ4v) is 6.99. The van der Waals surface area contributed by atoms with E-state index >= 15 is 0 Å². The zero-order chi connectivity index (χ0) is 27.8. The molecule has 0 radical (unpaired) electrons. The highest BCUT2D eigenvalue weighted by Crippen LogP contribution is 2.41. The lowest BCUT2D eigenvalue weighted by Crippen LogP contribution is -2.71. The Kier molecular flexibility index (Phi) is 7.45. The number of thioether (sulfide) groups is 2. The van der Waals surface area contributed by atoms with Crippen LogP contribution in [0.2, 0.25) is 0 Å². The average Bonchev–Trinajstić information content (AvgIpc) is 3.61. The second-order valence-corrected chi connectivity index (χ2v) is 11.6. The SMILES string of the molecule is CN1CCC(O/N=C(\C(=O)N[C@@H]2C(=O)N3C(C(=O)O)=C(CSc4nnnn4C)CS[C@H]23)c2csc(N)n2)C1=O. The van der Waals surface area contributed by atoms with Crippen molar-refractivity contribution in [2.45, 2.75) is 29.1 Å². The number of aromatic nitrogens is 5. The third-order valence-electron chi connectivity index (χ3n) is 6.12. The number of likely N-dealkylation sites (tertiary alicyclic amines) is 1. The quantitative estimate of drug-likeness (QED) is 0.134. The van der Waals surface area contributed by atoms with Crippen LogP contribution in [0.15, 0.2) is 27.0 Å². The summed E-state index contributed by atoms with van der Waals surface area (Å²) in [7, 11) is 3.30. The van der Waals surface area contributed by atoms with Crippen molar-refractivity contribution >= 4 is 69.4 Å². The summed E-state index contributed by atoms with van der Waals surface area (Å²) < 4.78 is 1.46. The first-order valence-electron chi connectivity index (χ1n) is 11.4. The Labute approximate surface area is 233 Å². The molecular weight excluding hydrogens is 572 g/mol. The number of carboxylic acids is 1. The van der Waals surface area contributed by atoms with Gasteiger partial charge in [0.25, 0.3) is 17.7 Å². The third kappa shape index (κ3) is 5.15. The standard InChI is InChI=1S/C20H22N10O6S3/c1-28-4-3-10(15(28)32)36-25-11(9-7-38-19(21)22-9)14(31)23-12-16(33)30-13(18(34)35)8(5-37-17(12)30)6-39-20-24-26-27-29(20)2/h7,10,12,17H,3-6H2,1-2H3,(H2,21,22)(H,23,31)(H,34,35)/b25-11-/t10?,12-,17-/m1/s1. The molecule has 3 aliphatic heterocycles. The number of thiazole rings is 1. The maximum absolute atomic E-state index is 13.2. The number of nitrogens with two attached hydrogens (primary N) is 1. The van der Waals surface area contributed by atoms with Crippen LogP contribution in [0, 0.1) is 0 Å². The molecular formula is C20H22N10O6S3. The van der Waals surface area contributed by atoms with Crippen LogP contribution in [0.5, 0.6) is 0 Å². The van der Waals surface area contributed by atoms with Crippen molar-refractivity contribution in [1.82, 2.24) is 40.3 Å². The molecule has 19 heteroatoms. The van der Waals surface area contributed by atoms with Gasteiger partial charge in [-0.1, -0.05) is 16.9 Å². The van der Waals surface area contributed by atoms with Crippen LogP contribution >= 0.6 is 34.9 Å². The Morgan fingerprint density at radius 2 is 2.13 bits per heavy atom. The van der Waals surface area contributed by atoms with Gasteiger partial charge in [0, 0.05) is 43.9 Å². The van der Waals surface area contributed by atoms with E-state index in [2.05, 4.69) is 31.0 Å². The number of hydrogen-bond acceptors (Lipinski definition) is 14. The molecule has 0 bridgehead atoms. The minimum Gasteiger partial charge on any atom is -0.477 e. The topological polar surface area (TPSA) is 211 Å². The second kappa shape index (κ2) is 10.8. The van der Waals surface area contributed by atoms with E-state index in [0.717, 1.165) is 11.3 Å². The van der Waals surface area contributed by atoms with Crippen molar-refractivity contribution in [1.29, 1.82) is 0 Å². The Bertz CT molecular complexity index is 1410. The normalized spacial score (nSPS) is 23.1. The number of amides is 3. The van der Waals surface area contributed by atoms with Gasteiger partial charge in [-0.25, -0.2) is 14.5 Å². The molecule has 0 aliphatic carbocycles. The van der Waals surface area contributed by atoms with Crippen LogP contribution in [0.1, 0.15) is 12.1 Å². The van der Waals surface area contributed by atoms with Gasteiger partial charge in [0.2, 0.25) is 11.3 Å². The predicted molar refractivity (Wildman–Crippen MR) is 139 cm³/mol. The van der Waals surface area contributed by atoms with E-state index in [1.807, 2.05) is 0 Å². The van der Waals surface area contributed by atoms with Crippen LogP contribution in [0.3, 0.4) is 0 Å². The van der Waals surface area contributed by atoms with Crippen LogP contribution < -0.4 is 11.1 Å². The number of aliphatic carboxylic acids is 1. The number of carbonyl (C=O) groups excluding carboxylic acids is 3. The molecule has 0 aromatic carbocycles. The molecule has 3 atom stereocenters. The van der Waals surface area contributed by atoms with Crippen molar-refractivity contribution in [3.63, 3.8) is 0 Å². The minimum absolute atomic E-state index is 0.120. The molecule has 2 saturated heterocycles. The van der Waals surface area contributed by atoms with E-state index in [1.54, 1.807) is 14.1 Å². The van der Waals surface area contributed by atoms with Crippen molar-refractivity contribution in [3.8, 4) is 0 Å². The molecule has 3 aliphatic rings. The number of tetrazole rings is 1. The van der Waals surface area contributed by atoms with Crippen LogP contribution in [-0.2, 0) is 31.1 Å². The van der Waals surface area contributed by atoms with Gasteiger partial charge in [0.15, 0.2) is 10.8 Å². The molecule has 0 saturated carbocycles. The highest BCUT2D eigenvalue weighted by atomic mass is 32.2. The molecule has 0 spiro atoms. The number of nitrogens with zero attached hydrogens (tertiary/aromatic N) is 8. The molecule has 2 aromatic rings. The number of nitrogens with one attached hydrogen (secondary N) is 1. The van der Waals surface area contributed by atoms with Crippen LogP contribution in [-0.4, -0.2) is 112 Å². The molecule has 5 heterocycles. The third-order valence-corrected chi connectivity index (χ3v) is 9.23. The number of likely N-dealkylation sites (N-methyl/N-ethyl adjacent to an activating group) is 1. The molecule has 2 aromatic heterocycles.